The number of carbonyl (C=O) groups is 1. The molecule has 20 heavy (non-hydrogen) atoms. The number of likely N-dealkylation sites (tertiary alicyclic amines) is 2. The third-order valence-electron chi connectivity index (χ3n) is 5.64. The van der Waals surface area contributed by atoms with Crippen LogP contribution in [0.15, 0.2) is 0 Å². The van der Waals surface area contributed by atoms with E-state index in [9.17, 15) is 9.90 Å². The van der Waals surface area contributed by atoms with Crippen LogP contribution in [0, 0.1) is 5.41 Å². The monoisotopic (exact) mass is 282 g/mol. The van der Waals surface area contributed by atoms with Crippen LogP contribution in [0.3, 0.4) is 0 Å². The van der Waals surface area contributed by atoms with Crippen LogP contribution in [0.25, 0.3) is 0 Å². The number of hydrogen-bond acceptors (Lipinski definition) is 3. The molecule has 1 N–H and O–H groups in total. The molecule has 2 aliphatic heterocycles. The highest BCUT2D eigenvalue weighted by Gasteiger charge is 2.41. The van der Waals surface area contributed by atoms with Crippen LogP contribution in [0.1, 0.15) is 52.4 Å². The lowest BCUT2D eigenvalue weighted by Gasteiger charge is -2.41. The molecule has 1 unspecified atom stereocenters. The van der Waals surface area contributed by atoms with Gasteiger partial charge in [-0.15, -0.1) is 0 Å². The molecule has 2 fully saturated rings. The molecule has 2 saturated heterocycles. The zero-order chi connectivity index (χ0) is 14.6. The van der Waals surface area contributed by atoms with Gasteiger partial charge in [0.2, 0.25) is 0 Å². The molecule has 2 rings (SSSR count). The molecule has 1 atom stereocenters. The van der Waals surface area contributed by atoms with E-state index in [0.717, 1.165) is 38.9 Å². The van der Waals surface area contributed by atoms with Gasteiger partial charge in [-0.05, 0) is 71.2 Å². The van der Waals surface area contributed by atoms with E-state index in [-0.39, 0.29) is 0 Å². The van der Waals surface area contributed by atoms with Crippen LogP contribution >= 0.6 is 0 Å². The average Bonchev–Trinajstić information content (AvgIpc) is 2.72. The van der Waals surface area contributed by atoms with Crippen molar-refractivity contribution in [1.29, 1.82) is 0 Å². The van der Waals surface area contributed by atoms with Crippen LogP contribution in [-0.4, -0.2) is 59.6 Å². The van der Waals surface area contributed by atoms with Gasteiger partial charge in [-0.25, -0.2) is 0 Å². The highest BCUT2D eigenvalue weighted by atomic mass is 16.4. The number of carboxylic acid groups (broad SMARTS) is 1. The Kier molecular flexibility index (Phi) is 5.44. The van der Waals surface area contributed by atoms with Crippen LogP contribution < -0.4 is 0 Å². The zero-order valence-electron chi connectivity index (χ0n) is 13.1. The number of carboxylic acids is 1. The first-order valence-corrected chi connectivity index (χ1v) is 8.31. The SMILES string of the molecule is CCN1CCCC(N2CCC(CC)(C(=O)O)CC2)CC1. The fourth-order valence-electron chi connectivity index (χ4n) is 3.86. The molecule has 0 radical (unpaired) electrons. The molecular weight excluding hydrogens is 252 g/mol. The summed E-state index contributed by atoms with van der Waals surface area (Å²) in [6.45, 7) is 9.79. The van der Waals surface area contributed by atoms with E-state index in [1.54, 1.807) is 0 Å². The summed E-state index contributed by atoms with van der Waals surface area (Å²) in [6.07, 6.45) is 6.24. The maximum absolute atomic E-state index is 11.5. The fraction of sp³-hybridized carbons (Fsp3) is 0.938. The third kappa shape index (κ3) is 3.34. The van der Waals surface area contributed by atoms with Crippen molar-refractivity contribution in [2.75, 3.05) is 32.7 Å². The van der Waals surface area contributed by atoms with E-state index >= 15 is 0 Å². The normalized spacial score (nSPS) is 29.0. The van der Waals surface area contributed by atoms with Gasteiger partial charge in [-0.3, -0.25) is 4.79 Å². The van der Waals surface area contributed by atoms with Crippen LogP contribution in [0.5, 0.6) is 0 Å². The van der Waals surface area contributed by atoms with Crippen molar-refractivity contribution in [3.63, 3.8) is 0 Å². The van der Waals surface area contributed by atoms with E-state index in [1.165, 1.54) is 32.4 Å². The van der Waals surface area contributed by atoms with Crippen molar-refractivity contribution in [2.45, 2.75) is 58.4 Å². The largest absolute Gasteiger partial charge is 0.481 e. The first-order chi connectivity index (χ1) is 9.61. The number of nitrogens with zero attached hydrogens (tertiary/aromatic N) is 2. The van der Waals surface area contributed by atoms with Crippen LogP contribution in [0.2, 0.25) is 0 Å². The summed E-state index contributed by atoms with van der Waals surface area (Å²) < 4.78 is 0. The van der Waals surface area contributed by atoms with Gasteiger partial charge in [0.25, 0.3) is 0 Å². The molecule has 0 aromatic heterocycles. The molecule has 4 heteroatoms. The van der Waals surface area contributed by atoms with Gasteiger partial charge < -0.3 is 14.9 Å². The zero-order valence-corrected chi connectivity index (χ0v) is 13.1. The second-order valence-electron chi connectivity index (χ2n) is 6.49. The lowest BCUT2D eigenvalue weighted by molar-refractivity contribution is -0.152. The quantitative estimate of drug-likeness (QED) is 0.860. The maximum atomic E-state index is 11.5. The summed E-state index contributed by atoms with van der Waals surface area (Å²) in [5, 5.41) is 9.47. The molecule has 2 aliphatic rings. The van der Waals surface area contributed by atoms with Crippen LogP contribution in [-0.2, 0) is 4.79 Å². The van der Waals surface area contributed by atoms with Crippen molar-refractivity contribution in [2.24, 2.45) is 5.41 Å². The Morgan fingerprint density at radius 2 is 1.85 bits per heavy atom. The van der Waals surface area contributed by atoms with E-state index in [0.29, 0.717) is 6.04 Å². The standard InChI is InChI=1S/C16H30N2O2/c1-3-16(15(19)20)8-12-18(13-9-16)14-6-5-10-17(4-2)11-7-14/h14H,3-13H2,1-2H3,(H,19,20). The molecule has 2 heterocycles. The summed E-state index contributed by atoms with van der Waals surface area (Å²) in [5.41, 5.74) is -0.448. The Hall–Kier alpha value is -0.610. The Bertz CT molecular complexity index is 324. The predicted molar refractivity (Wildman–Crippen MR) is 80.9 cm³/mol. The Morgan fingerprint density at radius 3 is 2.40 bits per heavy atom. The number of aliphatic carboxylic acids is 1. The average molecular weight is 282 g/mol. The van der Waals surface area contributed by atoms with Crippen molar-refractivity contribution in [3.05, 3.63) is 0 Å². The van der Waals surface area contributed by atoms with E-state index in [1.807, 2.05) is 6.92 Å². The Morgan fingerprint density at radius 1 is 1.15 bits per heavy atom. The molecule has 0 aromatic carbocycles. The number of rotatable bonds is 4. The molecule has 0 spiro atoms. The third-order valence-corrected chi connectivity index (χ3v) is 5.64. The smallest absolute Gasteiger partial charge is 0.309 e. The predicted octanol–water partition coefficient (Wildman–Crippen LogP) is 2.44. The summed E-state index contributed by atoms with van der Waals surface area (Å²) in [4.78, 5) is 16.6. The summed E-state index contributed by atoms with van der Waals surface area (Å²) in [6, 6.07) is 0.676. The lowest BCUT2D eigenvalue weighted by atomic mass is 9.76. The van der Waals surface area contributed by atoms with Gasteiger partial charge in [-0.2, -0.15) is 0 Å². The minimum Gasteiger partial charge on any atom is -0.481 e. The van der Waals surface area contributed by atoms with Crippen molar-refractivity contribution in [3.8, 4) is 0 Å². The first kappa shape index (κ1) is 15.8. The minimum atomic E-state index is -0.585. The molecule has 4 nitrogen and oxygen atoms in total. The van der Waals surface area contributed by atoms with Gasteiger partial charge in [0.05, 0.1) is 5.41 Å². The van der Waals surface area contributed by atoms with Gasteiger partial charge in [0.1, 0.15) is 0 Å². The number of hydrogen-bond donors (Lipinski definition) is 1. The van der Waals surface area contributed by atoms with Crippen molar-refractivity contribution in [1.82, 2.24) is 9.80 Å². The lowest BCUT2D eigenvalue weighted by Crippen LogP contribution is -2.48. The van der Waals surface area contributed by atoms with E-state index < -0.39 is 11.4 Å². The second-order valence-corrected chi connectivity index (χ2v) is 6.49. The summed E-state index contributed by atoms with van der Waals surface area (Å²) in [5.74, 6) is -0.585. The van der Waals surface area contributed by atoms with Gasteiger partial charge in [-0.1, -0.05) is 13.8 Å². The number of piperidine rings is 1. The molecule has 116 valence electrons. The van der Waals surface area contributed by atoms with E-state index in [2.05, 4.69) is 16.7 Å². The van der Waals surface area contributed by atoms with Crippen LogP contribution in [0.4, 0.5) is 0 Å². The molecule has 0 aliphatic carbocycles. The Labute approximate surface area is 123 Å². The maximum Gasteiger partial charge on any atom is 0.309 e. The molecule has 0 bridgehead atoms. The molecule has 0 aromatic rings. The second kappa shape index (κ2) is 6.90. The fourth-order valence-corrected chi connectivity index (χ4v) is 3.86. The minimum absolute atomic E-state index is 0.448. The van der Waals surface area contributed by atoms with Crippen molar-refractivity contribution < 1.29 is 9.90 Å². The van der Waals surface area contributed by atoms with Crippen molar-refractivity contribution >= 4 is 5.97 Å². The van der Waals surface area contributed by atoms with E-state index in [4.69, 9.17) is 0 Å². The molecule has 0 amide bonds. The highest BCUT2D eigenvalue weighted by molar-refractivity contribution is 5.74. The first-order valence-electron chi connectivity index (χ1n) is 8.31. The van der Waals surface area contributed by atoms with Gasteiger partial charge >= 0.3 is 5.97 Å². The van der Waals surface area contributed by atoms with Gasteiger partial charge in [0, 0.05) is 6.04 Å². The topological polar surface area (TPSA) is 43.8 Å². The molecular formula is C16H30N2O2. The summed E-state index contributed by atoms with van der Waals surface area (Å²) >= 11 is 0. The highest BCUT2D eigenvalue weighted by Crippen LogP contribution is 2.36. The van der Waals surface area contributed by atoms with Gasteiger partial charge in [0.15, 0.2) is 0 Å². The Balaban J connectivity index is 1.88. The molecule has 0 saturated carbocycles. The summed E-state index contributed by atoms with van der Waals surface area (Å²) in [7, 11) is 0.